The lowest BCUT2D eigenvalue weighted by Crippen LogP contribution is -2.44. The van der Waals surface area contributed by atoms with Crippen LogP contribution in [0, 0.1) is 5.92 Å². The maximum absolute atomic E-state index is 12.3. The first-order chi connectivity index (χ1) is 17.4. The molecule has 3 aromatic carbocycles. The lowest BCUT2D eigenvalue weighted by Gasteiger charge is -2.40. The summed E-state index contributed by atoms with van der Waals surface area (Å²) in [5.41, 5.74) is 6.69. The zero-order valence-corrected chi connectivity index (χ0v) is 21.7. The van der Waals surface area contributed by atoms with Gasteiger partial charge < -0.3 is 9.64 Å². The van der Waals surface area contributed by atoms with Crippen LogP contribution in [0.1, 0.15) is 37.0 Å². The summed E-state index contributed by atoms with van der Waals surface area (Å²) in [6.07, 6.45) is 6.72. The van der Waals surface area contributed by atoms with E-state index in [1.165, 1.54) is 11.1 Å². The van der Waals surface area contributed by atoms with E-state index in [9.17, 15) is 4.79 Å². The minimum Gasteiger partial charge on any atom is -0.453 e. The number of nitrogens with zero attached hydrogens (tertiary/aromatic N) is 2. The van der Waals surface area contributed by atoms with Crippen LogP contribution in [0.5, 0.6) is 0 Å². The van der Waals surface area contributed by atoms with Crippen LogP contribution in [0.3, 0.4) is 0 Å². The first-order valence-electron chi connectivity index (χ1n) is 12.5. The minimum absolute atomic E-state index is 0.139. The number of ether oxygens (including phenoxy) is 1. The van der Waals surface area contributed by atoms with Gasteiger partial charge in [-0.1, -0.05) is 98.8 Å². The van der Waals surface area contributed by atoms with E-state index in [0.717, 1.165) is 17.8 Å². The fraction of sp³-hybridized carbons (Fsp3) is 0.290. The van der Waals surface area contributed by atoms with Gasteiger partial charge in [-0.25, -0.2) is 0 Å². The summed E-state index contributed by atoms with van der Waals surface area (Å²) >= 11 is 0. The zero-order chi connectivity index (χ0) is 25.8. The quantitative estimate of drug-likeness (QED) is 0.377. The van der Waals surface area contributed by atoms with Crippen molar-refractivity contribution in [1.29, 1.82) is 0 Å². The summed E-state index contributed by atoms with van der Waals surface area (Å²) in [5, 5.41) is 3.95. The van der Waals surface area contributed by atoms with Crippen LogP contribution in [0.2, 0.25) is 0 Å². The number of hydrazone groups is 1. The second-order valence-electron chi connectivity index (χ2n) is 9.25. The van der Waals surface area contributed by atoms with Crippen LogP contribution in [0.25, 0.3) is 6.08 Å². The highest BCUT2D eigenvalue weighted by Gasteiger charge is 2.42. The Bertz CT molecular complexity index is 1140. The average molecular weight is 484 g/mol. The number of fused-ring (bicyclic) bond motifs is 1. The number of anilines is 1. The van der Waals surface area contributed by atoms with Gasteiger partial charge in [-0.15, -0.1) is 0 Å². The summed E-state index contributed by atoms with van der Waals surface area (Å²) in [5.74, 6) is -0.0222. The number of hydrogen-bond acceptors (Lipinski definition) is 5. The predicted octanol–water partition coefficient (Wildman–Crippen LogP) is 6.39. The van der Waals surface area contributed by atoms with E-state index < -0.39 is 5.60 Å². The fourth-order valence-corrected chi connectivity index (χ4v) is 4.39. The second kappa shape index (κ2) is 13.4. The smallest absolute Gasteiger partial charge is 0.306 e. The number of carbonyl (C=O) groups is 1. The fourth-order valence-electron chi connectivity index (χ4n) is 4.39. The van der Waals surface area contributed by atoms with Crippen LogP contribution in [-0.4, -0.2) is 37.7 Å². The van der Waals surface area contributed by atoms with Gasteiger partial charge in [0.2, 0.25) is 0 Å². The normalized spacial score (nSPS) is 14.4. The van der Waals surface area contributed by atoms with Gasteiger partial charge in [-0.05, 0) is 42.9 Å². The molecule has 188 valence electrons. The molecule has 0 aliphatic carbocycles. The van der Waals surface area contributed by atoms with Gasteiger partial charge in [0.05, 0.1) is 5.69 Å². The van der Waals surface area contributed by atoms with Gasteiger partial charge in [0.15, 0.2) is 0 Å². The second-order valence-corrected chi connectivity index (χ2v) is 9.25. The van der Waals surface area contributed by atoms with E-state index >= 15 is 0 Å². The van der Waals surface area contributed by atoms with Crippen LogP contribution < -0.4 is 5.43 Å². The number of allylic oxidation sites excluding steroid dienone is 1. The summed E-state index contributed by atoms with van der Waals surface area (Å²) in [6, 6.07) is 28.5. The van der Waals surface area contributed by atoms with Crippen molar-refractivity contribution in [3.8, 4) is 0 Å². The highest BCUT2D eigenvalue weighted by atomic mass is 16.6. The van der Waals surface area contributed by atoms with E-state index in [2.05, 4.69) is 60.7 Å². The van der Waals surface area contributed by atoms with Crippen LogP contribution >= 0.6 is 0 Å². The Kier molecular flexibility index (Phi) is 10.0. The molecule has 0 bridgehead atoms. The van der Waals surface area contributed by atoms with Crippen molar-refractivity contribution in [3.63, 3.8) is 0 Å². The molecule has 0 aromatic heterocycles. The predicted molar refractivity (Wildman–Crippen MR) is 150 cm³/mol. The Hall–Kier alpha value is -3.70. The molecular formula is C31H37N3O2. The number of carbonyl (C=O) groups excluding carboxylic acids is 1. The summed E-state index contributed by atoms with van der Waals surface area (Å²) in [4.78, 5) is 14.5. The third-order valence-electron chi connectivity index (χ3n) is 6.17. The first-order valence-corrected chi connectivity index (χ1v) is 12.5. The Labute approximate surface area is 215 Å². The molecule has 1 aliphatic rings. The topological polar surface area (TPSA) is 53.9 Å². The molecule has 1 N–H and O–H groups in total. The Balaban J connectivity index is 0.000000270. The highest BCUT2D eigenvalue weighted by Crippen LogP contribution is 2.38. The Morgan fingerprint density at radius 3 is 2.28 bits per heavy atom. The molecule has 4 rings (SSSR count). The van der Waals surface area contributed by atoms with Crippen molar-refractivity contribution in [2.24, 2.45) is 11.0 Å². The summed E-state index contributed by atoms with van der Waals surface area (Å²) in [7, 11) is 4.10. The van der Waals surface area contributed by atoms with Gasteiger partial charge in [-0.2, -0.15) is 5.10 Å². The molecule has 1 heterocycles. The Morgan fingerprint density at radius 1 is 0.972 bits per heavy atom. The summed E-state index contributed by atoms with van der Waals surface area (Å²) in [6.45, 7) is 4.84. The van der Waals surface area contributed by atoms with E-state index in [-0.39, 0.29) is 11.9 Å². The molecule has 0 radical (unpaired) electrons. The van der Waals surface area contributed by atoms with Crippen molar-refractivity contribution in [2.75, 3.05) is 26.1 Å². The number of rotatable bonds is 8. The van der Waals surface area contributed by atoms with Gasteiger partial charge in [0.1, 0.15) is 5.60 Å². The molecule has 0 saturated heterocycles. The molecule has 1 aliphatic heterocycles. The van der Waals surface area contributed by atoms with Crippen molar-refractivity contribution in [2.45, 2.75) is 32.3 Å². The van der Waals surface area contributed by atoms with Crippen LogP contribution in [0.4, 0.5) is 5.69 Å². The lowest BCUT2D eigenvalue weighted by atomic mass is 9.77. The zero-order valence-electron chi connectivity index (χ0n) is 21.7. The molecule has 5 nitrogen and oxygen atoms in total. The molecule has 36 heavy (non-hydrogen) atoms. The van der Waals surface area contributed by atoms with Crippen LogP contribution in [0.15, 0.2) is 96.1 Å². The number of nitrogens with one attached hydrogen (secondary N) is 1. The van der Waals surface area contributed by atoms with E-state index in [0.29, 0.717) is 12.8 Å². The molecule has 3 aromatic rings. The Morgan fingerprint density at radius 2 is 1.61 bits per heavy atom. The SMILES string of the molecule is C1=Cc2ccccc2NN=C1.CCC(=O)O[C@@](Cc1ccccc1)(c1ccccc1)[C@@H](C)CN(C)C. The lowest BCUT2D eigenvalue weighted by molar-refractivity contribution is -0.168. The largest absolute Gasteiger partial charge is 0.453 e. The van der Waals surface area contributed by atoms with Crippen molar-refractivity contribution < 1.29 is 9.53 Å². The van der Waals surface area contributed by atoms with E-state index in [4.69, 9.17) is 4.74 Å². The van der Waals surface area contributed by atoms with Gasteiger partial charge in [-0.3, -0.25) is 10.2 Å². The highest BCUT2D eigenvalue weighted by molar-refractivity contribution is 5.83. The molecule has 0 spiro atoms. The molecule has 2 atom stereocenters. The molecular weight excluding hydrogens is 446 g/mol. The molecule has 0 fully saturated rings. The van der Waals surface area contributed by atoms with E-state index in [1.807, 2.05) is 79.7 Å². The molecule has 0 unspecified atom stereocenters. The first kappa shape index (κ1) is 26.9. The molecule has 5 heteroatoms. The summed E-state index contributed by atoms with van der Waals surface area (Å²) < 4.78 is 6.17. The monoisotopic (exact) mass is 483 g/mol. The maximum Gasteiger partial charge on any atom is 0.306 e. The third-order valence-corrected chi connectivity index (χ3v) is 6.17. The molecule has 0 saturated carbocycles. The van der Waals surface area contributed by atoms with Crippen LogP contribution in [-0.2, 0) is 21.6 Å². The maximum atomic E-state index is 12.3. The van der Waals surface area contributed by atoms with Crippen molar-refractivity contribution >= 4 is 23.9 Å². The third kappa shape index (κ3) is 7.40. The minimum atomic E-state index is -0.681. The van der Waals surface area contributed by atoms with Gasteiger partial charge in [0.25, 0.3) is 0 Å². The van der Waals surface area contributed by atoms with Crippen molar-refractivity contribution in [1.82, 2.24) is 4.90 Å². The number of esters is 1. The standard InChI is InChI=1S/C22H29NO2.C9H8N2/c1-5-21(24)25-22(18(2)17-23(3)4,20-14-10-7-11-15-20)16-19-12-8-6-9-13-19;1-2-6-9-8(4-1)5-3-7-10-11-9/h6-15,18H,5,16-17H2,1-4H3;1-7,11H/t18-,22+;/m0./s1. The van der Waals surface area contributed by atoms with Gasteiger partial charge in [0, 0.05) is 31.5 Å². The average Bonchev–Trinajstić information content (AvgIpc) is 3.15. The van der Waals surface area contributed by atoms with E-state index in [1.54, 1.807) is 6.21 Å². The van der Waals surface area contributed by atoms with Gasteiger partial charge >= 0.3 is 5.97 Å². The number of hydrogen-bond donors (Lipinski definition) is 1. The number of para-hydroxylation sites is 1. The van der Waals surface area contributed by atoms with Crippen molar-refractivity contribution in [3.05, 3.63) is 108 Å². The molecule has 0 amide bonds. The number of benzene rings is 3.